The molecule has 0 aliphatic carbocycles. The van der Waals surface area contributed by atoms with E-state index in [0.29, 0.717) is 0 Å². The van der Waals surface area contributed by atoms with Crippen LogP contribution in [0.4, 0.5) is 4.39 Å². The summed E-state index contributed by atoms with van der Waals surface area (Å²) in [5.74, 6) is -0.327. The molecule has 0 saturated heterocycles. The number of fused-ring (bicyclic) bond motifs is 1. The first-order valence-corrected chi connectivity index (χ1v) is 6.41. The van der Waals surface area contributed by atoms with Gasteiger partial charge in [-0.2, -0.15) is 0 Å². The van der Waals surface area contributed by atoms with Crippen molar-refractivity contribution in [3.8, 4) is 0 Å². The first kappa shape index (κ1) is 12.7. The fourth-order valence-corrected chi connectivity index (χ4v) is 2.32. The van der Waals surface area contributed by atoms with Crippen LogP contribution in [-0.4, -0.2) is 17.0 Å². The van der Waals surface area contributed by atoms with E-state index in [-0.39, 0.29) is 11.9 Å². The molecule has 0 saturated carbocycles. The third-order valence-electron chi connectivity index (χ3n) is 3.30. The summed E-state index contributed by atoms with van der Waals surface area (Å²) in [4.78, 5) is 8.46. The SMILES string of the molecule is CNC(c1ccc2ncccc2c1)c1ccc(F)cn1. The second-order valence-corrected chi connectivity index (χ2v) is 4.58. The van der Waals surface area contributed by atoms with E-state index in [4.69, 9.17) is 0 Å². The van der Waals surface area contributed by atoms with Gasteiger partial charge in [0.1, 0.15) is 5.82 Å². The highest BCUT2D eigenvalue weighted by atomic mass is 19.1. The maximum absolute atomic E-state index is 13.0. The van der Waals surface area contributed by atoms with Crippen molar-refractivity contribution in [1.82, 2.24) is 15.3 Å². The number of nitrogens with zero attached hydrogens (tertiary/aromatic N) is 2. The molecule has 100 valence electrons. The summed E-state index contributed by atoms with van der Waals surface area (Å²) in [6.45, 7) is 0. The van der Waals surface area contributed by atoms with Gasteiger partial charge in [0.15, 0.2) is 0 Å². The van der Waals surface area contributed by atoms with E-state index in [1.807, 2.05) is 31.3 Å². The normalized spacial score (nSPS) is 12.5. The lowest BCUT2D eigenvalue weighted by Crippen LogP contribution is -2.18. The Balaban J connectivity index is 2.04. The Morgan fingerprint density at radius 2 is 2.00 bits per heavy atom. The van der Waals surface area contributed by atoms with Crippen LogP contribution in [0.3, 0.4) is 0 Å². The molecule has 1 atom stereocenters. The molecule has 1 aromatic carbocycles. The number of benzene rings is 1. The summed E-state index contributed by atoms with van der Waals surface area (Å²) in [7, 11) is 1.86. The molecule has 4 heteroatoms. The van der Waals surface area contributed by atoms with Crippen LogP contribution in [0.15, 0.2) is 54.9 Å². The van der Waals surface area contributed by atoms with Crippen molar-refractivity contribution in [1.29, 1.82) is 0 Å². The molecule has 20 heavy (non-hydrogen) atoms. The Morgan fingerprint density at radius 3 is 2.75 bits per heavy atom. The quantitative estimate of drug-likeness (QED) is 0.792. The van der Waals surface area contributed by atoms with E-state index in [2.05, 4.69) is 21.4 Å². The smallest absolute Gasteiger partial charge is 0.141 e. The summed E-state index contributed by atoms with van der Waals surface area (Å²) in [6.07, 6.45) is 3.02. The monoisotopic (exact) mass is 267 g/mol. The molecule has 0 bridgehead atoms. The number of pyridine rings is 2. The predicted molar refractivity (Wildman–Crippen MR) is 76.8 cm³/mol. The predicted octanol–water partition coefficient (Wildman–Crippen LogP) is 3.08. The molecule has 2 aromatic heterocycles. The van der Waals surface area contributed by atoms with Gasteiger partial charge in [-0.1, -0.05) is 12.1 Å². The minimum atomic E-state index is -0.327. The standard InChI is InChI=1S/C16H14FN3/c1-18-16(15-7-5-13(17)10-20-15)12-4-6-14-11(9-12)3-2-8-19-14/h2-10,16,18H,1H3. The highest BCUT2D eigenvalue weighted by Crippen LogP contribution is 2.23. The van der Waals surface area contributed by atoms with E-state index in [1.165, 1.54) is 12.3 Å². The Hall–Kier alpha value is -2.33. The van der Waals surface area contributed by atoms with E-state index >= 15 is 0 Å². The maximum Gasteiger partial charge on any atom is 0.141 e. The van der Waals surface area contributed by atoms with Crippen LogP contribution in [0.5, 0.6) is 0 Å². The van der Waals surface area contributed by atoms with E-state index in [0.717, 1.165) is 22.2 Å². The second kappa shape index (κ2) is 5.35. The van der Waals surface area contributed by atoms with Crippen LogP contribution in [0.25, 0.3) is 10.9 Å². The topological polar surface area (TPSA) is 37.8 Å². The molecule has 0 amide bonds. The average molecular weight is 267 g/mol. The molecule has 2 heterocycles. The molecule has 3 nitrogen and oxygen atoms in total. The molecular weight excluding hydrogens is 253 g/mol. The van der Waals surface area contributed by atoms with Gasteiger partial charge in [0.05, 0.1) is 23.4 Å². The Labute approximate surface area is 116 Å². The van der Waals surface area contributed by atoms with Gasteiger partial charge in [0, 0.05) is 11.6 Å². The van der Waals surface area contributed by atoms with Crippen molar-refractivity contribution in [2.45, 2.75) is 6.04 Å². The molecule has 0 fully saturated rings. The van der Waals surface area contributed by atoms with Crippen molar-refractivity contribution in [2.24, 2.45) is 0 Å². The third-order valence-corrected chi connectivity index (χ3v) is 3.30. The number of hydrogen-bond acceptors (Lipinski definition) is 3. The van der Waals surface area contributed by atoms with Gasteiger partial charge in [0.2, 0.25) is 0 Å². The lowest BCUT2D eigenvalue weighted by atomic mass is 10.0. The molecule has 0 aliphatic rings. The fourth-order valence-electron chi connectivity index (χ4n) is 2.32. The van der Waals surface area contributed by atoms with Crippen LogP contribution < -0.4 is 5.32 Å². The van der Waals surface area contributed by atoms with Crippen molar-refractivity contribution in [3.05, 3.63) is 71.9 Å². The van der Waals surface area contributed by atoms with Crippen LogP contribution >= 0.6 is 0 Å². The maximum atomic E-state index is 13.0. The van der Waals surface area contributed by atoms with Gasteiger partial charge in [-0.25, -0.2) is 4.39 Å². The molecule has 0 aliphatic heterocycles. The Morgan fingerprint density at radius 1 is 1.10 bits per heavy atom. The molecule has 3 aromatic rings. The lowest BCUT2D eigenvalue weighted by molar-refractivity contribution is 0.610. The minimum absolute atomic E-state index is 0.0693. The zero-order chi connectivity index (χ0) is 13.9. The minimum Gasteiger partial charge on any atom is -0.308 e. The van der Waals surface area contributed by atoms with E-state index in [9.17, 15) is 4.39 Å². The van der Waals surface area contributed by atoms with Crippen LogP contribution in [-0.2, 0) is 0 Å². The Kier molecular flexibility index (Phi) is 3.39. The lowest BCUT2D eigenvalue weighted by Gasteiger charge is -2.16. The van der Waals surface area contributed by atoms with Gasteiger partial charge < -0.3 is 5.32 Å². The van der Waals surface area contributed by atoms with Crippen molar-refractivity contribution < 1.29 is 4.39 Å². The number of hydrogen-bond donors (Lipinski definition) is 1. The highest BCUT2D eigenvalue weighted by Gasteiger charge is 2.13. The summed E-state index contributed by atoms with van der Waals surface area (Å²) >= 11 is 0. The van der Waals surface area contributed by atoms with Crippen LogP contribution in [0.2, 0.25) is 0 Å². The first-order valence-electron chi connectivity index (χ1n) is 6.41. The summed E-state index contributed by atoms with van der Waals surface area (Å²) < 4.78 is 13.0. The van der Waals surface area contributed by atoms with Gasteiger partial charge in [-0.05, 0) is 42.9 Å². The molecule has 3 rings (SSSR count). The van der Waals surface area contributed by atoms with Crippen molar-refractivity contribution in [2.75, 3.05) is 7.05 Å². The molecule has 0 radical (unpaired) electrons. The van der Waals surface area contributed by atoms with Gasteiger partial charge in [-0.3, -0.25) is 9.97 Å². The van der Waals surface area contributed by atoms with E-state index < -0.39 is 0 Å². The zero-order valence-corrected chi connectivity index (χ0v) is 11.0. The summed E-state index contributed by atoms with van der Waals surface area (Å²) in [6, 6.07) is 13.1. The molecule has 1 unspecified atom stereocenters. The van der Waals surface area contributed by atoms with Gasteiger partial charge >= 0.3 is 0 Å². The van der Waals surface area contributed by atoms with Crippen molar-refractivity contribution in [3.63, 3.8) is 0 Å². The second-order valence-electron chi connectivity index (χ2n) is 4.58. The average Bonchev–Trinajstić information content (AvgIpc) is 2.50. The van der Waals surface area contributed by atoms with Gasteiger partial charge in [-0.15, -0.1) is 0 Å². The zero-order valence-electron chi connectivity index (χ0n) is 11.0. The van der Waals surface area contributed by atoms with Crippen LogP contribution in [0.1, 0.15) is 17.3 Å². The Bertz CT molecular complexity index is 725. The van der Waals surface area contributed by atoms with Crippen LogP contribution in [0, 0.1) is 5.82 Å². The molecule has 0 spiro atoms. The van der Waals surface area contributed by atoms with Gasteiger partial charge in [0.25, 0.3) is 0 Å². The number of aromatic nitrogens is 2. The fraction of sp³-hybridized carbons (Fsp3) is 0.125. The highest BCUT2D eigenvalue weighted by molar-refractivity contribution is 5.79. The number of nitrogens with one attached hydrogen (secondary N) is 1. The largest absolute Gasteiger partial charge is 0.308 e. The molecular formula is C16H14FN3. The van der Waals surface area contributed by atoms with Crippen molar-refractivity contribution >= 4 is 10.9 Å². The number of rotatable bonds is 3. The third kappa shape index (κ3) is 2.38. The summed E-state index contributed by atoms with van der Waals surface area (Å²) in [5, 5.41) is 4.29. The molecule has 1 N–H and O–H groups in total. The number of halogens is 1. The van der Waals surface area contributed by atoms with E-state index in [1.54, 1.807) is 12.3 Å². The first-order chi connectivity index (χ1) is 9.78. The summed E-state index contributed by atoms with van der Waals surface area (Å²) in [5.41, 5.74) is 2.82.